The summed E-state index contributed by atoms with van der Waals surface area (Å²) in [6.07, 6.45) is 3.23. The monoisotopic (exact) mass is 606 g/mol. The highest BCUT2D eigenvalue weighted by atomic mass is 16.3. The average molecular weight is 607 g/mol. The van der Waals surface area contributed by atoms with Crippen LogP contribution in [0.5, 0.6) is 0 Å². The summed E-state index contributed by atoms with van der Waals surface area (Å²) in [5.41, 5.74) is 9.51. The van der Waals surface area contributed by atoms with Gasteiger partial charge in [-0.25, -0.2) is 4.99 Å². The number of pyridine rings is 1. The molecule has 47 heavy (non-hydrogen) atoms. The number of furan rings is 1. The van der Waals surface area contributed by atoms with E-state index in [0.29, 0.717) is 0 Å². The molecule has 1 aliphatic heterocycles. The molecule has 0 bridgehead atoms. The lowest BCUT2D eigenvalue weighted by atomic mass is 9.94. The molecular weight excluding hydrogens is 576 g/mol. The Balaban J connectivity index is 1.24. The Morgan fingerprint density at radius 2 is 1.21 bits per heavy atom. The van der Waals surface area contributed by atoms with Crippen LogP contribution in [-0.4, -0.2) is 10.8 Å². The van der Waals surface area contributed by atoms with E-state index >= 15 is 0 Å². The molecule has 0 saturated heterocycles. The van der Waals surface area contributed by atoms with Gasteiger partial charge in [0, 0.05) is 39.7 Å². The molecule has 9 rings (SSSR count). The van der Waals surface area contributed by atoms with Crippen molar-refractivity contribution in [3.63, 3.8) is 0 Å². The van der Waals surface area contributed by atoms with Crippen molar-refractivity contribution in [2.75, 3.05) is 0 Å². The van der Waals surface area contributed by atoms with Gasteiger partial charge in [-0.2, -0.15) is 0 Å². The molecule has 2 unspecified atom stereocenters. The van der Waals surface area contributed by atoms with Crippen LogP contribution in [0.3, 0.4) is 0 Å². The van der Waals surface area contributed by atoms with E-state index in [1.54, 1.807) is 0 Å². The second kappa shape index (κ2) is 11.4. The molecule has 0 spiro atoms. The van der Waals surface area contributed by atoms with Gasteiger partial charge in [0.1, 0.15) is 29.3 Å². The molecule has 1 aliphatic rings. The summed E-state index contributed by atoms with van der Waals surface area (Å²) >= 11 is 0. The minimum absolute atomic E-state index is 0.244. The van der Waals surface area contributed by atoms with Gasteiger partial charge in [0.05, 0.1) is 0 Å². The summed E-state index contributed by atoms with van der Waals surface area (Å²) in [7, 11) is 0. The third-order valence-electron chi connectivity index (χ3n) is 9.02. The van der Waals surface area contributed by atoms with Crippen LogP contribution in [0, 0.1) is 0 Å². The number of rotatable bonds is 5. The maximum atomic E-state index is 6.66. The predicted octanol–water partition coefficient (Wildman–Crippen LogP) is 9.81. The summed E-state index contributed by atoms with van der Waals surface area (Å²) in [5.74, 6) is 0.846. The molecule has 3 heterocycles. The van der Waals surface area contributed by atoms with E-state index in [1.807, 2.05) is 30.6 Å². The van der Waals surface area contributed by atoms with Gasteiger partial charge in [-0.05, 0) is 63.5 Å². The van der Waals surface area contributed by atoms with Gasteiger partial charge in [0.25, 0.3) is 0 Å². The number of nitrogens with zero attached hydrogens (tertiary/aromatic N) is 2. The first-order valence-corrected chi connectivity index (χ1v) is 15.9. The molecule has 0 radical (unpaired) electrons. The molecule has 5 heteroatoms. The van der Waals surface area contributed by atoms with Crippen LogP contribution >= 0.6 is 0 Å². The lowest BCUT2D eigenvalue weighted by Crippen LogP contribution is -2.45. The van der Waals surface area contributed by atoms with Gasteiger partial charge in [-0.3, -0.25) is 10.3 Å². The Hall–Kier alpha value is -6.04. The van der Waals surface area contributed by atoms with Crippen molar-refractivity contribution in [3.05, 3.63) is 175 Å². The zero-order valence-corrected chi connectivity index (χ0v) is 25.5. The SMILES string of the molecule is c1ccc(C2=NC(c3ccccc3)NC(c3cc(-c4ccc(-c5ccccc5)cc4)cc4oc5cc6cnccc6cc5c34)N2)cc1. The number of benzene rings is 6. The Morgan fingerprint density at radius 1 is 0.553 bits per heavy atom. The predicted molar refractivity (Wildman–Crippen MR) is 191 cm³/mol. The highest BCUT2D eigenvalue weighted by Crippen LogP contribution is 2.40. The Kier molecular flexibility index (Phi) is 6.61. The topological polar surface area (TPSA) is 62.5 Å². The second-order valence-electron chi connectivity index (χ2n) is 12.0. The number of aliphatic imine (C=N–C) groups is 1. The number of fused-ring (bicyclic) bond motifs is 4. The number of hydrogen-bond acceptors (Lipinski definition) is 5. The van der Waals surface area contributed by atoms with Crippen LogP contribution in [0.4, 0.5) is 0 Å². The zero-order valence-electron chi connectivity index (χ0n) is 25.5. The molecule has 0 fully saturated rings. The fourth-order valence-electron chi connectivity index (χ4n) is 6.67. The van der Waals surface area contributed by atoms with E-state index in [4.69, 9.17) is 9.41 Å². The molecule has 2 N–H and O–H groups in total. The van der Waals surface area contributed by atoms with Crippen molar-refractivity contribution < 1.29 is 4.42 Å². The number of hydrogen-bond donors (Lipinski definition) is 2. The van der Waals surface area contributed by atoms with Gasteiger partial charge in [0.15, 0.2) is 0 Å². The van der Waals surface area contributed by atoms with Crippen molar-refractivity contribution in [2.45, 2.75) is 12.3 Å². The molecular formula is C42H30N4O. The fraction of sp³-hybridized carbons (Fsp3) is 0.0476. The fourth-order valence-corrected chi connectivity index (χ4v) is 6.67. The van der Waals surface area contributed by atoms with E-state index in [-0.39, 0.29) is 12.3 Å². The van der Waals surface area contributed by atoms with E-state index in [2.05, 4.69) is 143 Å². The first-order valence-electron chi connectivity index (χ1n) is 15.9. The second-order valence-corrected chi connectivity index (χ2v) is 12.0. The first-order chi connectivity index (χ1) is 23.3. The molecule has 2 atom stereocenters. The third-order valence-corrected chi connectivity index (χ3v) is 9.02. The number of amidine groups is 1. The largest absolute Gasteiger partial charge is 0.456 e. The Morgan fingerprint density at radius 3 is 1.96 bits per heavy atom. The van der Waals surface area contributed by atoms with E-state index in [1.165, 1.54) is 11.1 Å². The smallest absolute Gasteiger partial charge is 0.136 e. The highest BCUT2D eigenvalue weighted by Gasteiger charge is 2.28. The van der Waals surface area contributed by atoms with Crippen LogP contribution in [0.1, 0.15) is 29.0 Å². The highest BCUT2D eigenvalue weighted by molar-refractivity contribution is 6.12. The van der Waals surface area contributed by atoms with Crippen molar-refractivity contribution >= 4 is 38.5 Å². The molecule has 2 aromatic heterocycles. The first kappa shape index (κ1) is 27.3. The molecule has 0 aliphatic carbocycles. The van der Waals surface area contributed by atoms with Gasteiger partial charge in [0.2, 0.25) is 0 Å². The number of aromatic nitrogens is 1. The average Bonchev–Trinajstić information content (AvgIpc) is 3.51. The Labute approximate surface area is 272 Å². The molecule has 224 valence electrons. The minimum Gasteiger partial charge on any atom is -0.456 e. The molecule has 0 saturated carbocycles. The van der Waals surface area contributed by atoms with Crippen LogP contribution in [0.15, 0.2) is 167 Å². The molecule has 6 aromatic carbocycles. The summed E-state index contributed by atoms with van der Waals surface area (Å²) in [5, 5.41) is 11.9. The zero-order chi connectivity index (χ0) is 31.2. The van der Waals surface area contributed by atoms with Crippen molar-refractivity contribution in [1.82, 2.24) is 15.6 Å². The normalized spacial score (nSPS) is 16.3. The van der Waals surface area contributed by atoms with Gasteiger partial charge < -0.3 is 9.73 Å². The van der Waals surface area contributed by atoms with Crippen LogP contribution in [-0.2, 0) is 0 Å². The van der Waals surface area contributed by atoms with E-state index < -0.39 is 0 Å². The number of nitrogens with one attached hydrogen (secondary N) is 2. The van der Waals surface area contributed by atoms with E-state index in [9.17, 15) is 0 Å². The van der Waals surface area contributed by atoms with Gasteiger partial charge >= 0.3 is 0 Å². The summed E-state index contributed by atoms with van der Waals surface area (Å²) in [4.78, 5) is 9.50. The minimum atomic E-state index is -0.257. The third kappa shape index (κ3) is 5.03. The Bertz CT molecular complexity index is 2400. The summed E-state index contributed by atoms with van der Waals surface area (Å²) in [6.45, 7) is 0. The lowest BCUT2D eigenvalue weighted by molar-refractivity contribution is 0.411. The van der Waals surface area contributed by atoms with Gasteiger partial charge in [-0.15, -0.1) is 0 Å². The molecule has 0 amide bonds. The summed E-state index contributed by atoms with van der Waals surface area (Å²) < 4.78 is 6.66. The molecule has 8 aromatic rings. The van der Waals surface area contributed by atoms with Crippen molar-refractivity contribution in [1.29, 1.82) is 0 Å². The maximum Gasteiger partial charge on any atom is 0.136 e. The van der Waals surface area contributed by atoms with Gasteiger partial charge in [-0.1, -0.05) is 115 Å². The standard InChI is InChI=1S/C42H30N4O/c1-4-10-27(11-5-1)28-16-18-29(19-17-28)33-23-36(39-35-22-32-20-21-43-26-34(32)25-37(35)47-38(39)24-33)42-45-40(30-12-6-2-7-13-30)44-41(46-42)31-14-8-3-9-15-31/h1-26,40,42,45H,(H,44,46). The lowest BCUT2D eigenvalue weighted by Gasteiger charge is -2.32. The van der Waals surface area contributed by atoms with E-state index in [0.717, 1.165) is 66.4 Å². The van der Waals surface area contributed by atoms with Crippen molar-refractivity contribution in [2.24, 2.45) is 4.99 Å². The van der Waals surface area contributed by atoms with Crippen molar-refractivity contribution in [3.8, 4) is 22.3 Å². The summed E-state index contributed by atoms with van der Waals surface area (Å²) in [6, 6.07) is 50.8. The van der Waals surface area contributed by atoms with Crippen LogP contribution in [0.25, 0.3) is 55.0 Å². The maximum absolute atomic E-state index is 6.66. The van der Waals surface area contributed by atoms with Crippen LogP contribution in [0.2, 0.25) is 0 Å². The van der Waals surface area contributed by atoms with Crippen LogP contribution < -0.4 is 10.6 Å². The molecule has 5 nitrogen and oxygen atoms in total. The quantitative estimate of drug-likeness (QED) is 0.205.